The van der Waals surface area contributed by atoms with Gasteiger partial charge < -0.3 is 10.1 Å². The summed E-state index contributed by atoms with van der Waals surface area (Å²) >= 11 is 5.81. The molecule has 0 radical (unpaired) electrons. The smallest absolute Gasteiger partial charge is 0.212 e. The van der Waals surface area contributed by atoms with Gasteiger partial charge in [0.2, 0.25) is 5.88 Å². The highest BCUT2D eigenvalue weighted by molar-refractivity contribution is 6.30. The Bertz CT molecular complexity index is 589. The first kappa shape index (κ1) is 15.7. The lowest BCUT2D eigenvalue weighted by Gasteiger charge is -2.17. The number of methoxy groups -OCH3 is 1. The second-order valence-electron chi connectivity index (χ2n) is 4.82. The van der Waals surface area contributed by atoms with Crippen LogP contribution in [0.15, 0.2) is 36.5 Å². The lowest BCUT2D eigenvalue weighted by atomic mass is 9.99. The molecule has 0 aliphatic carbocycles. The molecular weight excluding hydrogens is 291 g/mol. The van der Waals surface area contributed by atoms with E-state index in [2.05, 4.69) is 10.3 Å². The van der Waals surface area contributed by atoms with Crippen LogP contribution >= 0.6 is 11.6 Å². The molecule has 0 saturated heterocycles. The third-order valence-electron chi connectivity index (χ3n) is 3.39. The van der Waals surface area contributed by atoms with Crippen molar-refractivity contribution in [1.82, 2.24) is 10.3 Å². The maximum absolute atomic E-state index is 13.9. The van der Waals surface area contributed by atoms with Gasteiger partial charge in [0, 0.05) is 18.3 Å². The molecule has 2 aromatic rings. The van der Waals surface area contributed by atoms with Gasteiger partial charge in [-0.15, -0.1) is 0 Å². The number of aromatic nitrogens is 1. The highest BCUT2D eigenvalue weighted by atomic mass is 35.5. The van der Waals surface area contributed by atoms with Crippen LogP contribution in [0, 0.1) is 5.82 Å². The molecule has 1 aromatic carbocycles. The lowest BCUT2D eigenvalue weighted by molar-refractivity contribution is 0.397. The maximum atomic E-state index is 13.9. The first-order chi connectivity index (χ1) is 10.1. The summed E-state index contributed by atoms with van der Waals surface area (Å²) < 4.78 is 19.0. The topological polar surface area (TPSA) is 34.1 Å². The fraction of sp³-hybridized carbons (Fsp3) is 0.312. The Hall–Kier alpha value is -1.65. The zero-order chi connectivity index (χ0) is 15.2. The second-order valence-corrected chi connectivity index (χ2v) is 5.22. The largest absolute Gasteiger partial charge is 0.481 e. The zero-order valence-corrected chi connectivity index (χ0v) is 12.8. The van der Waals surface area contributed by atoms with Crippen LogP contribution in [0.2, 0.25) is 5.02 Å². The van der Waals surface area contributed by atoms with E-state index >= 15 is 0 Å². The summed E-state index contributed by atoms with van der Waals surface area (Å²) in [6.07, 6.45) is 3.09. The summed E-state index contributed by atoms with van der Waals surface area (Å²) in [5.74, 6) is 0.243. The van der Waals surface area contributed by atoms with E-state index in [1.165, 1.54) is 0 Å². The summed E-state index contributed by atoms with van der Waals surface area (Å²) in [5, 5.41) is 3.37. The van der Waals surface area contributed by atoms with Crippen molar-refractivity contribution in [3.05, 3.63) is 58.5 Å². The summed E-state index contributed by atoms with van der Waals surface area (Å²) in [6.45, 7) is 0. The number of likely N-dealkylation sites (N-methyl/N-ethyl adjacent to an activating group) is 1. The Morgan fingerprint density at radius 1 is 1.29 bits per heavy atom. The van der Waals surface area contributed by atoms with Crippen LogP contribution < -0.4 is 10.1 Å². The van der Waals surface area contributed by atoms with E-state index in [0.717, 1.165) is 12.0 Å². The molecule has 0 fully saturated rings. The van der Waals surface area contributed by atoms with Crippen LogP contribution in [-0.4, -0.2) is 25.2 Å². The highest BCUT2D eigenvalue weighted by Gasteiger charge is 2.13. The predicted octanol–water partition coefficient (Wildman–Crippen LogP) is 3.26. The molecule has 0 spiro atoms. The van der Waals surface area contributed by atoms with Gasteiger partial charge in [-0.1, -0.05) is 29.8 Å². The first-order valence-corrected chi connectivity index (χ1v) is 7.11. The number of nitrogens with one attached hydrogen (secondary N) is 1. The van der Waals surface area contributed by atoms with Gasteiger partial charge in [0.15, 0.2) is 0 Å². The molecule has 1 heterocycles. The van der Waals surface area contributed by atoms with Crippen molar-refractivity contribution >= 4 is 11.6 Å². The Kier molecular flexibility index (Phi) is 5.53. The van der Waals surface area contributed by atoms with Crippen molar-refractivity contribution in [3.63, 3.8) is 0 Å². The summed E-state index contributed by atoms with van der Waals surface area (Å²) in [6, 6.07) is 8.97. The Morgan fingerprint density at radius 2 is 2.10 bits per heavy atom. The van der Waals surface area contributed by atoms with E-state index in [9.17, 15) is 4.39 Å². The van der Waals surface area contributed by atoms with Crippen molar-refractivity contribution in [3.8, 4) is 5.88 Å². The van der Waals surface area contributed by atoms with Crippen molar-refractivity contribution in [1.29, 1.82) is 0 Å². The molecule has 1 N–H and O–H groups in total. The molecular formula is C16H18ClFN2O. The van der Waals surface area contributed by atoms with E-state index in [1.807, 2.05) is 19.2 Å². The van der Waals surface area contributed by atoms with Crippen LogP contribution in [0.5, 0.6) is 5.88 Å². The van der Waals surface area contributed by atoms with Gasteiger partial charge in [0.1, 0.15) is 5.82 Å². The Balaban J connectivity index is 2.07. The quantitative estimate of drug-likeness (QED) is 0.889. The van der Waals surface area contributed by atoms with Gasteiger partial charge in [-0.05, 0) is 37.1 Å². The van der Waals surface area contributed by atoms with E-state index in [1.54, 1.807) is 31.5 Å². The number of benzene rings is 1. The molecule has 0 aliphatic heterocycles. The van der Waals surface area contributed by atoms with Crippen molar-refractivity contribution < 1.29 is 9.13 Å². The van der Waals surface area contributed by atoms with E-state index in [0.29, 0.717) is 17.9 Å². The Labute approximate surface area is 129 Å². The van der Waals surface area contributed by atoms with Crippen LogP contribution in [0.25, 0.3) is 0 Å². The fourth-order valence-electron chi connectivity index (χ4n) is 2.18. The van der Waals surface area contributed by atoms with Crippen molar-refractivity contribution in [2.45, 2.75) is 18.9 Å². The number of pyridine rings is 1. The Morgan fingerprint density at radius 3 is 2.71 bits per heavy atom. The van der Waals surface area contributed by atoms with Crippen LogP contribution in [-0.2, 0) is 12.8 Å². The highest BCUT2D eigenvalue weighted by Crippen LogP contribution is 2.20. The summed E-state index contributed by atoms with van der Waals surface area (Å²) in [4.78, 5) is 4.18. The molecule has 0 saturated carbocycles. The van der Waals surface area contributed by atoms with Crippen LogP contribution in [0.1, 0.15) is 11.1 Å². The number of rotatable bonds is 6. The molecule has 2 rings (SSSR count). The predicted molar refractivity (Wildman–Crippen MR) is 82.5 cm³/mol. The maximum Gasteiger partial charge on any atom is 0.212 e. The molecule has 0 aliphatic rings. The van der Waals surface area contributed by atoms with Gasteiger partial charge in [-0.2, -0.15) is 0 Å². The van der Waals surface area contributed by atoms with Crippen LogP contribution in [0.4, 0.5) is 4.39 Å². The van der Waals surface area contributed by atoms with Crippen LogP contribution in [0.3, 0.4) is 0 Å². The number of halogens is 2. The van der Waals surface area contributed by atoms with E-state index in [-0.39, 0.29) is 16.9 Å². The first-order valence-electron chi connectivity index (χ1n) is 6.73. The van der Waals surface area contributed by atoms with Gasteiger partial charge in [0.25, 0.3) is 0 Å². The van der Waals surface area contributed by atoms with Gasteiger partial charge in [-0.3, -0.25) is 0 Å². The molecule has 5 heteroatoms. The minimum atomic E-state index is -0.340. The fourth-order valence-corrected chi connectivity index (χ4v) is 2.38. The third kappa shape index (κ3) is 4.16. The number of nitrogens with zero attached hydrogens (tertiary/aromatic N) is 1. The SMILES string of the molecule is CNC(Cc1ccc(OC)nc1)Cc1cccc(Cl)c1F. The number of ether oxygens (including phenoxy) is 1. The van der Waals surface area contributed by atoms with E-state index in [4.69, 9.17) is 16.3 Å². The summed E-state index contributed by atoms with van der Waals surface area (Å²) in [7, 11) is 3.45. The van der Waals surface area contributed by atoms with E-state index < -0.39 is 0 Å². The average molecular weight is 309 g/mol. The van der Waals surface area contributed by atoms with Gasteiger partial charge in [0.05, 0.1) is 12.1 Å². The van der Waals surface area contributed by atoms with Crippen molar-refractivity contribution in [2.24, 2.45) is 0 Å². The van der Waals surface area contributed by atoms with Gasteiger partial charge in [-0.25, -0.2) is 9.37 Å². The average Bonchev–Trinajstić information content (AvgIpc) is 2.51. The molecule has 3 nitrogen and oxygen atoms in total. The number of hydrogen-bond acceptors (Lipinski definition) is 3. The van der Waals surface area contributed by atoms with Gasteiger partial charge >= 0.3 is 0 Å². The molecule has 1 atom stereocenters. The number of hydrogen-bond donors (Lipinski definition) is 1. The molecule has 0 amide bonds. The van der Waals surface area contributed by atoms with Crippen molar-refractivity contribution in [2.75, 3.05) is 14.2 Å². The molecule has 0 bridgehead atoms. The molecule has 21 heavy (non-hydrogen) atoms. The third-order valence-corrected chi connectivity index (χ3v) is 3.69. The zero-order valence-electron chi connectivity index (χ0n) is 12.1. The standard InChI is InChI=1S/C16H18ClFN2O/c1-19-13(8-11-6-7-15(21-2)20-10-11)9-12-4-3-5-14(17)16(12)18/h3-7,10,13,19H,8-9H2,1-2H3. The lowest BCUT2D eigenvalue weighted by Crippen LogP contribution is -2.30. The normalized spacial score (nSPS) is 12.2. The monoisotopic (exact) mass is 308 g/mol. The molecule has 1 aromatic heterocycles. The summed E-state index contributed by atoms with van der Waals surface area (Å²) in [5.41, 5.74) is 1.68. The molecule has 1 unspecified atom stereocenters. The molecule has 112 valence electrons. The second kappa shape index (κ2) is 7.38. The minimum Gasteiger partial charge on any atom is -0.481 e. The minimum absolute atomic E-state index is 0.105.